The van der Waals surface area contributed by atoms with Crippen LogP contribution in [0.15, 0.2) is 12.4 Å². The zero-order valence-corrected chi connectivity index (χ0v) is 18.3. The van der Waals surface area contributed by atoms with E-state index in [4.69, 9.17) is 0 Å². The van der Waals surface area contributed by atoms with Gasteiger partial charge >= 0.3 is 0 Å². The van der Waals surface area contributed by atoms with E-state index in [2.05, 4.69) is 17.2 Å². The van der Waals surface area contributed by atoms with Gasteiger partial charge in [0.2, 0.25) is 0 Å². The van der Waals surface area contributed by atoms with Gasteiger partial charge in [-0.1, -0.05) is 12.1 Å². The molecule has 4 aliphatic carbocycles. The number of ketones is 1. The zero-order valence-electron chi connectivity index (χ0n) is 18.3. The second kappa shape index (κ2) is 6.90. The molecule has 0 amide bonds. The molecule has 4 fully saturated rings. The lowest BCUT2D eigenvalue weighted by Gasteiger charge is -2.57. The molecule has 0 aromatic carbocycles. The number of rotatable bonds is 3. The van der Waals surface area contributed by atoms with Gasteiger partial charge in [-0.25, -0.2) is 4.68 Å². The smallest absolute Gasteiger partial charge is 0.160 e. The first kappa shape index (κ1) is 19.7. The molecule has 0 saturated heterocycles. The number of nitrogens with zero attached hydrogens (tertiary/aromatic N) is 3. The lowest BCUT2D eigenvalue weighted by atomic mass is 9.49. The Kier molecular flexibility index (Phi) is 4.69. The Balaban J connectivity index is 1.34. The normalized spacial score (nSPS) is 47.7. The maximum absolute atomic E-state index is 13.4. The summed E-state index contributed by atoms with van der Waals surface area (Å²) in [5.41, 5.74) is -0.292. The van der Waals surface area contributed by atoms with Crippen LogP contribution in [-0.2, 0) is 4.79 Å². The van der Waals surface area contributed by atoms with Gasteiger partial charge in [-0.2, -0.15) is 0 Å². The molecule has 5 rings (SSSR count). The van der Waals surface area contributed by atoms with Crippen LogP contribution in [0.4, 0.5) is 0 Å². The number of aromatic nitrogens is 3. The molecule has 4 aliphatic rings. The average Bonchev–Trinajstić information content (AvgIpc) is 3.33. The minimum absolute atomic E-state index is 0.153. The Morgan fingerprint density at radius 1 is 1.07 bits per heavy atom. The second-order valence-corrected chi connectivity index (χ2v) is 11.3. The van der Waals surface area contributed by atoms with Crippen molar-refractivity contribution in [3.8, 4) is 0 Å². The van der Waals surface area contributed by atoms with Crippen molar-refractivity contribution >= 4 is 5.78 Å². The maximum atomic E-state index is 13.4. The summed E-state index contributed by atoms with van der Waals surface area (Å²) in [6.07, 6.45) is 14.0. The van der Waals surface area contributed by atoms with E-state index < -0.39 is 5.60 Å². The summed E-state index contributed by atoms with van der Waals surface area (Å²) in [5, 5.41) is 18.6. The van der Waals surface area contributed by atoms with Crippen LogP contribution in [0, 0.1) is 40.9 Å². The molecule has 1 aromatic heterocycles. The van der Waals surface area contributed by atoms with Crippen molar-refractivity contribution < 1.29 is 9.90 Å². The van der Waals surface area contributed by atoms with Gasteiger partial charge in [0.15, 0.2) is 5.78 Å². The van der Waals surface area contributed by atoms with Crippen LogP contribution < -0.4 is 0 Å². The molecule has 1 heterocycles. The Bertz CT molecular complexity index is 760. The largest absolute Gasteiger partial charge is 0.390 e. The summed E-state index contributed by atoms with van der Waals surface area (Å²) in [7, 11) is 0. The van der Waals surface area contributed by atoms with E-state index in [1.54, 1.807) is 10.9 Å². The van der Waals surface area contributed by atoms with Gasteiger partial charge in [0, 0.05) is 12.1 Å². The predicted octanol–water partition coefficient (Wildman–Crippen LogP) is 4.43. The van der Waals surface area contributed by atoms with Crippen LogP contribution in [-0.4, -0.2) is 31.5 Å². The van der Waals surface area contributed by atoms with Crippen molar-refractivity contribution in [3.05, 3.63) is 12.4 Å². The van der Waals surface area contributed by atoms with Crippen LogP contribution in [0.25, 0.3) is 0 Å². The van der Waals surface area contributed by atoms with Gasteiger partial charge in [-0.3, -0.25) is 4.79 Å². The standard InChI is InChI=1S/C24H37N3O2/c1-15(27-13-12-25-26-27)22(28)21-7-6-20-19-5-4-16-14-23(2,29)10-8-17(16)18(19)9-11-24(20,21)3/h12-13,15-21,29H,4-11,14H2,1-3H3/t15-,16-,17-,18+,19+,20-,21+,23+,24-/m0/s1. The Labute approximate surface area is 174 Å². The molecule has 160 valence electrons. The lowest BCUT2D eigenvalue weighted by Crippen LogP contribution is -2.51. The highest BCUT2D eigenvalue weighted by Gasteiger charge is 2.59. The summed E-state index contributed by atoms with van der Waals surface area (Å²) < 4.78 is 1.73. The number of hydrogen-bond donors (Lipinski definition) is 1. The van der Waals surface area contributed by atoms with Crippen molar-refractivity contribution in [2.24, 2.45) is 40.9 Å². The first-order valence-corrected chi connectivity index (χ1v) is 11.9. The molecule has 0 bridgehead atoms. The van der Waals surface area contributed by atoms with Gasteiger partial charge in [-0.05, 0) is 107 Å². The molecule has 9 atom stereocenters. The number of hydrogen-bond acceptors (Lipinski definition) is 4. The summed E-state index contributed by atoms with van der Waals surface area (Å²) in [6, 6.07) is -0.216. The summed E-state index contributed by atoms with van der Waals surface area (Å²) in [4.78, 5) is 13.4. The van der Waals surface area contributed by atoms with Crippen molar-refractivity contribution in [1.29, 1.82) is 0 Å². The minimum atomic E-state index is -0.445. The third-order valence-corrected chi connectivity index (χ3v) is 9.83. The van der Waals surface area contributed by atoms with Crippen molar-refractivity contribution in [2.45, 2.75) is 90.2 Å². The second-order valence-electron chi connectivity index (χ2n) is 11.3. The molecule has 1 aromatic rings. The summed E-state index contributed by atoms with van der Waals surface area (Å²) in [5.74, 6) is 4.36. The number of carbonyl (C=O) groups is 1. The van der Waals surface area contributed by atoms with Gasteiger partial charge < -0.3 is 5.11 Å². The van der Waals surface area contributed by atoms with E-state index in [-0.39, 0.29) is 17.4 Å². The van der Waals surface area contributed by atoms with Crippen LogP contribution >= 0.6 is 0 Å². The molecule has 4 saturated carbocycles. The first-order valence-electron chi connectivity index (χ1n) is 11.9. The van der Waals surface area contributed by atoms with Crippen LogP contribution in [0.5, 0.6) is 0 Å². The third-order valence-electron chi connectivity index (χ3n) is 9.83. The van der Waals surface area contributed by atoms with Gasteiger partial charge in [0.05, 0.1) is 11.8 Å². The van der Waals surface area contributed by atoms with E-state index in [9.17, 15) is 9.90 Å². The monoisotopic (exact) mass is 399 g/mol. The predicted molar refractivity (Wildman–Crippen MR) is 111 cm³/mol. The number of Topliss-reactive ketones (excluding diaryl/α,β-unsaturated/α-hetero) is 1. The number of aliphatic hydroxyl groups is 1. The highest BCUT2D eigenvalue weighted by atomic mass is 16.3. The zero-order chi connectivity index (χ0) is 20.4. The fraction of sp³-hybridized carbons (Fsp3) is 0.875. The highest BCUT2D eigenvalue weighted by Crippen LogP contribution is 2.65. The van der Waals surface area contributed by atoms with Crippen molar-refractivity contribution in [1.82, 2.24) is 15.0 Å². The lowest BCUT2D eigenvalue weighted by molar-refractivity contribution is -0.135. The Hall–Kier alpha value is -1.23. The quantitative estimate of drug-likeness (QED) is 0.816. The first-order chi connectivity index (χ1) is 13.8. The molecule has 0 spiro atoms. The highest BCUT2D eigenvalue weighted by molar-refractivity contribution is 5.85. The molecule has 29 heavy (non-hydrogen) atoms. The van der Waals surface area contributed by atoms with Crippen LogP contribution in [0.2, 0.25) is 0 Å². The van der Waals surface area contributed by atoms with Crippen LogP contribution in [0.3, 0.4) is 0 Å². The molecular formula is C24H37N3O2. The maximum Gasteiger partial charge on any atom is 0.160 e. The van der Waals surface area contributed by atoms with Crippen molar-refractivity contribution in [3.63, 3.8) is 0 Å². The van der Waals surface area contributed by atoms with E-state index in [0.717, 1.165) is 42.9 Å². The summed E-state index contributed by atoms with van der Waals surface area (Å²) >= 11 is 0. The Morgan fingerprint density at radius 2 is 1.86 bits per heavy atom. The fourth-order valence-electron chi connectivity index (χ4n) is 8.39. The molecule has 1 N–H and O–H groups in total. The van der Waals surface area contributed by atoms with Gasteiger partial charge in [-0.15, -0.1) is 5.10 Å². The molecule has 0 aliphatic heterocycles. The van der Waals surface area contributed by atoms with Gasteiger partial charge in [0.25, 0.3) is 0 Å². The van der Waals surface area contributed by atoms with E-state index in [1.165, 1.54) is 38.5 Å². The summed E-state index contributed by atoms with van der Waals surface area (Å²) in [6.45, 7) is 6.45. The van der Waals surface area contributed by atoms with Crippen LogP contribution in [0.1, 0.15) is 84.6 Å². The topological polar surface area (TPSA) is 68.0 Å². The SMILES string of the molecule is C[C@@H](C(=O)[C@H]1CC[C@H]2[C@@H]3CC[C@H]4C[C@](C)(O)CC[C@@H]4[C@H]3CC[C@]12C)n1ccnn1. The third kappa shape index (κ3) is 3.10. The molecule has 0 radical (unpaired) electrons. The van der Waals surface area contributed by atoms with E-state index >= 15 is 0 Å². The minimum Gasteiger partial charge on any atom is -0.390 e. The molecule has 0 unspecified atom stereocenters. The number of carbonyl (C=O) groups excluding carboxylic acids is 1. The molecular weight excluding hydrogens is 362 g/mol. The number of fused-ring (bicyclic) bond motifs is 5. The van der Waals surface area contributed by atoms with Crippen molar-refractivity contribution in [2.75, 3.05) is 0 Å². The van der Waals surface area contributed by atoms with Gasteiger partial charge in [0.1, 0.15) is 6.04 Å². The van der Waals surface area contributed by atoms with E-state index in [1.807, 2.05) is 20.0 Å². The molecule has 5 nitrogen and oxygen atoms in total. The fourth-order valence-corrected chi connectivity index (χ4v) is 8.39. The average molecular weight is 400 g/mol. The molecule has 5 heteroatoms. The van der Waals surface area contributed by atoms with E-state index in [0.29, 0.717) is 11.7 Å². The Morgan fingerprint density at radius 3 is 2.62 bits per heavy atom.